The van der Waals surface area contributed by atoms with Crippen LogP contribution in [0.2, 0.25) is 0 Å². The van der Waals surface area contributed by atoms with E-state index < -0.39 is 43.5 Å². The van der Waals surface area contributed by atoms with Gasteiger partial charge in [-0.1, -0.05) is 36.5 Å². The number of hydrogen-bond acceptors (Lipinski definition) is 16. The third kappa shape index (κ3) is 5.06. The smallest absolute Gasteiger partial charge is 0.382 e. The summed E-state index contributed by atoms with van der Waals surface area (Å²) >= 11 is 8.50. The van der Waals surface area contributed by atoms with E-state index in [0.29, 0.717) is 23.2 Å². The zero-order valence-electron chi connectivity index (χ0n) is 23.7. The number of nitrogen functional groups attached to an aromatic ring is 1. The van der Waals surface area contributed by atoms with Gasteiger partial charge in [0.25, 0.3) is 5.78 Å². The van der Waals surface area contributed by atoms with Gasteiger partial charge in [0, 0.05) is 17.9 Å². The van der Waals surface area contributed by atoms with Crippen LogP contribution in [0.1, 0.15) is 25.6 Å². The fourth-order valence-electron chi connectivity index (χ4n) is 6.35. The summed E-state index contributed by atoms with van der Waals surface area (Å²) in [7, 11) is 0. The minimum absolute atomic E-state index is 0.0110. The lowest BCUT2D eigenvalue weighted by molar-refractivity contribution is -0.0388. The molecule has 7 heterocycles. The highest BCUT2D eigenvalue weighted by atomic mass is 32.7. The number of rotatable bonds is 2. The van der Waals surface area contributed by atoms with Crippen molar-refractivity contribution in [3.8, 4) is 0 Å². The van der Waals surface area contributed by atoms with Crippen LogP contribution in [-0.4, -0.2) is 86.1 Å². The SMILES string of the molecule is C[C@@H]1[C@@H]2OP(=O)(S)OC[C@H]3C[C@@H](n4cnc5c(=O)n6nnnc6[nH]c54)[C@@H]3COP(=O)(S)OC[C@H]2O[C@H]1n1cnc2c(N)ncnc21. The molecule has 0 aromatic carbocycles. The Labute approximate surface area is 268 Å². The predicted octanol–water partition coefficient (Wildman–Crippen LogP) is 1.82. The second-order valence-corrected chi connectivity index (χ2v) is 17.1. The van der Waals surface area contributed by atoms with Crippen LogP contribution >= 0.6 is 38.1 Å². The summed E-state index contributed by atoms with van der Waals surface area (Å²) in [5.74, 6) is -0.674. The van der Waals surface area contributed by atoms with Gasteiger partial charge in [-0.2, -0.15) is 0 Å². The molecule has 5 aromatic rings. The first kappa shape index (κ1) is 30.4. The fourth-order valence-corrected chi connectivity index (χ4v) is 9.12. The van der Waals surface area contributed by atoms with Crippen LogP contribution in [0, 0.1) is 17.8 Å². The van der Waals surface area contributed by atoms with E-state index in [2.05, 4.69) is 64.9 Å². The number of aromatic nitrogens is 11. The molecular weight excluding hydrogens is 686 g/mol. The predicted molar refractivity (Wildman–Crippen MR) is 164 cm³/mol. The number of fused-ring (bicyclic) bond motifs is 5. The Balaban J connectivity index is 1.06. The molecule has 244 valence electrons. The Morgan fingerprint density at radius 3 is 2.61 bits per heavy atom. The maximum Gasteiger partial charge on any atom is 0.386 e. The lowest BCUT2D eigenvalue weighted by Crippen LogP contribution is -2.43. The van der Waals surface area contributed by atoms with Gasteiger partial charge in [0.05, 0.1) is 32.5 Å². The van der Waals surface area contributed by atoms with Gasteiger partial charge >= 0.3 is 19.2 Å². The van der Waals surface area contributed by atoms with Crippen LogP contribution in [0.15, 0.2) is 23.8 Å². The van der Waals surface area contributed by atoms with Crippen LogP contribution in [0.25, 0.3) is 28.1 Å². The molecule has 5 aromatic heterocycles. The number of hydrogen-bond donors (Lipinski definition) is 4. The molecule has 1 saturated carbocycles. The van der Waals surface area contributed by atoms with Gasteiger partial charge in [0.15, 0.2) is 17.0 Å². The van der Waals surface area contributed by atoms with Crippen molar-refractivity contribution >= 4 is 72.0 Å². The highest BCUT2D eigenvalue weighted by molar-refractivity contribution is 8.44. The number of imidazole rings is 2. The van der Waals surface area contributed by atoms with Crippen molar-refractivity contribution < 1.29 is 32.0 Å². The van der Waals surface area contributed by atoms with Crippen molar-refractivity contribution in [3.63, 3.8) is 0 Å². The van der Waals surface area contributed by atoms with Crippen molar-refractivity contribution in [3.05, 3.63) is 29.3 Å². The summed E-state index contributed by atoms with van der Waals surface area (Å²) < 4.78 is 61.0. The van der Waals surface area contributed by atoms with E-state index >= 15 is 0 Å². The lowest BCUT2D eigenvalue weighted by Gasteiger charge is -2.45. The van der Waals surface area contributed by atoms with Crippen LogP contribution in [0.5, 0.6) is 0 Å². The minimum Gasteiger partial charge on any atom is -0.382 e. The third-order valence-corrected chi connectivity index (χ3v) is 12.0. The zero-order valence-corrected chi connectivity index (χ0v) is 27.3. The Morgan fingerprint density at radius 2 is 1.76 bits per heavy atom. The molecule has 3 aliphatic rings. The van der Waals surface area contributed by atoms with Crippen molar-refractivity contribution in [1.29, 1.82) is 0 Å². The van der Waals surface area contributed by atoms with Gasteiger partial charge in [-0.15, -0.1) is 4.52 Å². The molecule has 0 bridgehead atoms. The second kappa shape index (κ2) is 11.1. The van der Waals surface area contributed by atoms with Crippen LogP contribution < -0.4 is 11.3 Å². The standard InChI is InChI=1S/C22H26N12O8P2S2/c1-9-16-13(41-21(9)33-8-26-14-17(23)24-6-25-18(14)33)5-40-43(36,45)39-4-11-10(3-38-44(37,46)42-16)2-12(11)32-7-27-15-19(32)28-22-29-30-31-34(22)20(15)35/h6-13,16,21H,2-5H2,1H3,(H,36,45)(H,37,46)(H2,23,24,25)(H,28,29,31)/t9-,10-,11-,12-,13-,16+,21-,43?,44?/m1/s1. The summed E-state index contributed by atoms with van der Waals surface area (Å²) in [5.41, 5.74) is 6.83. The number of aromatic amines is 1. The van der Waals surface area contributed by atoms with Crippen LogP contribution in [0.4, 0.5) is 5.82 Å². The molecule has 3 fully saturated rings. The lowest BCUT2D eigenvalue weighted by atomic mass is 9.70. The number of nitrogens with one attached hydrogen (secondary N) is 1. The number of ether oxygens (including phenoxy) is 1. The minimum atomic E-state index is -3.96. The molecule has 2 saturated heterocycles. The molecule has 1 aliphatic carbocycles. The Kier molecular flexibility index (Phi) is 7.31. The van der Waals surface area contributed by atoms with Gasteiger partial charge < -0.3 is 29.1 Å². The Hall–Kier alpha value is -2.94. The van der Waals surface area contributed by atoms with E-state index in [0.717, 1.165) is 4.52 Å². The number of anilines is 1. The van der Waals surface area contributed by atoms with E-state index in [4.69, 9.17) is 28.6 Å². The number of thiol groups is 2. The van der Waals surface area contributed by atoms with E-state index in [9.17, 15) is 13.9 Å². The van der Waals surface area contributed by atoms with Gasteiger partial charge in [0.2, 0.25) is 0 Å². The normalized spacial score (nSPS) is 35.7. The highest BCUT2D eigenvalue weighted by Gasteiger charge is 2.50. The molecule has 0 amide bonds. The first-order valence-electron chi connectivity index (χ1n) is 14.0. The number of H-pyrrole nitrogens is 1. The van der Waals surface area contributed by atoms with Crippen molar-refractivity contribution in [1.82, 2.24) is 54.1 Å². The fraction of sp³-hybridized carbons (Fsp3) is 0.545. The summed E-state index contributed by atoms with van der Waals surface area (Å²) in [6.07, 6.45) is 2.39. The van der Waals surface area contributed by atoms with Crippen molar-refractivity contribution in [2.75, 3.05) is 25.6 Å². The molecule has 2 unspecified atom stereocenters. The molecular formula is C22H26N12O8P2S2. The molecule has 0 spiro atoms. The summed E-state index contributed by atoms with van der Waals surface area (Å²) in [5, 5.41) is 11.0. The number of nitrogens with zero attached hydrogens (tertiary/aromatic N) is 10. The number of nitrogens with two attached hydrogens (primary N) is 1. The van der Waals surface area contributed by atoms with Gasteiger partial charge in [-0.3, -0.25) is 18.4 Å². The van der Waals surface area contributed by atoms with Gasteiger partial charge in [0.1, 0.15) is 35.9 Å². The molecule has 9 atom stereocenters. The summed E-state index contributed by atoms with van der Waals surface area (Å²) in [6.45, 7) is -6.42. The van der Waals surface area contributed by atoms with Crippen molar-refractivity contribution in [2.24, 2.45) is 17.8 Å². The molecule has 24 heteroatoms. The average molecular weight is 713 g/mol. The maximum atomic E-state index is 13.6. The van der Waals surface area contributed by atoms with E-state index in [1.54, 1.807) is 9.13 Å². The molecule has 20 nitrogen and oxygen atoms in total. The van der Waals surface area contributed by atoms with Crippen LogP contribution in [-0.2, 0) is 32.0 Å². The molecule has 0 radical (unpaired) electrons. The summed E-state index contributed by atoms with van der Waals surface area (Å²) in [6, 6.07) is -0.280. The van der Waals surface area contributed by atoms with E-state index in [-0.39, 0.29) is 54.8 Å². The van der Waals surface area contributed by atoms with E-state index in [1.807, 2.05) is 6.92 Å². The quantitative estimate of drug-likeness (QED) is 0.151. The second-order valence-electron chi connectivity index (χ2n) is 11.3. The molecule has 3 N–H and O–H groups in total. The van der Waals surface area contributed by atoms with Crippen molar-refractivity contribution in [2.45, 2.75) is 37.8 Å². The third-order valence-electron chi connectivity index (χ3n) is 8.74. The first-order chi connectivity index (χ1) is 22.0. The zero-order chi connectivity index (χ0) is 32.0. The maximum absolute atomic E-state index is 13.6. The molecule has 8 rings (SSSR count). The monoisotopic (exact) mass is 712 g/mol. The van der Waals surface area contributed by atoms with Gasteiger partial charge in [-0.25, -0.2) is 29.1 Å². The summed E-state index contributed by atoms with van der Waals surface area (Å²) in [4.78, 5) is 32.7. The highest BCUT2D eigenvalue weighted by Crippen LogP contribution is 2.61. The molecule has 46 heavy (non-hydrogen) atoms. The largest absolute Gasteiger partial charge is 0.386 e. The Morgan fingerprint density at radius 1 is 1.00 bits per heavy atom. The molecule has 2 aliphatic heterocycles. The Bertz CT molecular complexity index is 2140. The van der Waals surface area contributed by atoms with Gasteiger partial charge in [-0.05, 0) is 22.8 Å². The van der Waals surface area contributed by atoms with Crippen LogP contribution in [0.3, 0.4) is 0 Å². The number of tetrazole rings is 1. The topological polar surface area (TPSA) is 244 Å². The first-order valence-corrected chi connectivity index (χ1v) is 19.4. The van der Waals surface area contributed by atoms with E-state index in [1.165, 1.54) is 19.0 Å². The average Bonchev–Trinajstić information content (AvgIpc) is 3.79.